The van der Waals surface area contributed by atoms with E-state index in [0.29, 0.717) is 12.6 Å². The Balaban J connectivity index is 2.24. The average molecular weight is 247 g/mol. The van der Waals surface area contributed by atoms with E-state index in [1.165, 1.54) is 24.1 Å². The molecule has 100 valence electrons. The van der Waals surface area contributed by atoms with Gasteiger partial charge in [-0.25, -0.2) is 4.98 Å². The van der Waals surface area contributed by atoms with E-state index in [0.717, 1.165) is 31.6 Å². The van der Waals surface area contributed by atoms with Crippen molar-refractivity contribution in [3.05, 3.63) is 23.4 Å². The maximum absolute atomic E-state index is 5.76. The Labute approximate surface area is 110 Å². The van der Waals surface area contributed by atoms with Crippen LogP contribution in [0.2, 0.25) is 0 Å². The first-order valence-electron chi connectivity index (χ1n) is 7.25. The van der Waals surface area contributed by atoms with E-state index in [-0.39, 0.29) is 0 Å². The van der Waals surface area contributed by atoms with Crippen LogP contribution in [0.5, 0.6) is 0 Å². The van der Waals surface area contributed by atoms with Crippen molar-refractivity contribution in [2.45, 2.75) is 52.0 Å². The van der Waals surface area contributed by atoms with Crippen LogP contribution in [0.25, 0.3) is 0 Å². The lowest BCUT2D eigenvalue weighted by molar-refractivity contribution is 0.553. The summed E-state index contributed by atoms with van der Waals surface area (Å²) in [4.78, 5) is 7.25. The van der Waals surface area contributed by atoms with Gasteiger partial charge in [0.15, 0.2) is 0 Å². The molecule has 1 aliphatic carbocycles. The quantitative estimate of drug-likeness (QED) is 0.840. The Morgan fingerprint density at radius 3 is 2.72 bits per heavy atom. The zero-order chi connectivity index (χ0) is 13.0. The van der Waals surface area contributed by atoms with Gasteiger partial charge in [0.2, 0.25) is 0 Å². The second-order valence-electron chi connectivity index (χ2n) is 5.08. The van der Waals surface area contributed by atoms with Crippen LogP contribution in [-0.4, -0.2) is 24.1 Å². The first-order chi connectivity index (χ1) is 8.80. The molecular formula is C15H25N3. The minimum absolute atomic E-state index is 0.556. The first kappa shape index (κ1) is 13.3. The van der Waals surface area contributed by atoms with Crippen molar-refractivity contribution in [1.29, 1.82) is 0 Å². The highest BCUT2D eigenvalue weighted by Gasteiger charge is 2.19. The van der Waals surface area contributed by atoms with Gasteiger partial charge >= 0.3 is 0 Å². The summed E-state index contributed by atoms with van der Waals surface area (Å²) in [6.07, 6.45) is 5.89. The van der Waals surface area contributed by atoms with Gasteiger partial charge in [-0.05, 0) is 43.7 Å². The second-order valence-corrected chi connectivity index (χ2v) is 5.08. The van der Waals surface area contributed by atoms with Gasteiger partial charge in [-0.15, -0.1) is 0 Å². The molecule has 18 heavy (non-hydrogen) atoms. The fourth-order valence-electron chi connectivity index (χ4n) is 2.92. The molecule has 0 spiro atoms. The number of aromatic nitrogens is 1. The SMILES string of the molecule is CCC(CC)N(CCN)c1ccc2c(n1)CCC2. The van der Waals surface area contributed by atoms with E-state index in [1.54, 1.807) is 0 Å². The van der Waals surface area contributed by atoms with Crippen LogP contribution < -0.4 is 10.6 Å². The van der Waals surface area contributed by atoms with Gasteiger partial charge in [0.25, 0.3) is 0 Å². The topological polar surface area (TPSA) is 42.1 Å². The molecule has 2 N–H and O–H groups in total. The van der Waals surface area contributed by atoms with Crippen molar-refractivity contribution in [2.75, 3.05) is 18.0 Å². The van der Waals surface area contributed by atoms with Gasteiger partial charge in [0, 0.05) is 24.8 Å². The Bertz CT molecular complexity index is 385. The number of hydrogen-bond donors (Lipinski definition) is 1. The standard InChI is InChI=1S/C15H25N3/c1-3-13(4-2)18(11-10-16)15-9-8-12-6-5-7-14(12)17-15/h8-9,13H,3-7,10-11,16H2,1-2H3. The number of rotatable bonds is 6. The monoisotopic (exact) mass is 247 g/mol. The lowest BCUT2D eigenvalue weighted by atomic mass is 10.1. The smallest absolute Gasteiger partial charge is 0.129 e. The summed E-state index contributed by atoms with van der Waals surface area (Å²) in [5.41, 5.74) is 8.50. The normalized spacial score (nSPS) is 14.0. The van der Waals surface area contributed by atoms with Gasteiger partial charge in [0.1, 0.15) is 5.82 Å². The molecule has 0 fully saturated rings. The maximum atomic E-state index is 5.76. The minimum Gasteiger partial charge on any atom is -0.352 e. The molecule has 1 aromatic heterocycles. The predicted molar refractivity (Wildman–Crippen MR) is 77.0 cm³/mol. The Morgan fingerprint density at radius 1 is 1.28 bits per heavy atom. The van der Waals surface area contributed by atoms with E-state index in [4.69, 9.17) is 10.7 Å². The molecule has 0 amide bonds. The van der Waals surface area contributed by atoms with Crippen LogP contribution in [-0.2, 0) is 12.8 Å². The van der Waals surface area contributed by atoms with E-state index in [9.17, 15) is 0 Å². The van der Waals surface area contributed by atoms with Crippen molar-refractivity contribution in [2.24, 2.45) is 5.73 Å². The molecule has 0 saturated carbocycles. The Kier molecular flexibility index (Phi) is 4.59. The maximum Gasteiger partial charge on any atom is 0.129 e. The van der Waals surface area contributed by atoms with Gasteiger partial charge in [-0.2, -0.15) is 0 Å². The molecule has 0 aromatic carbocycles. The van der Waals surface area contributed by atoms with Gasteiger partial charge < -0.3 is 10.6 Å². The van der Waals surface area contributed by atoms with Crippen LogP contribution in [0, 0.1) is 0 Å². The van der Waals surface area contributed by atoms with E-state index in [1.807, 2.05) is 0 Å². The van der Waals surface area contributed by atoms with Crippen LogP contribution in [0.4, 0.5) is 5.82 Å². The third kappa shape index (κ3) is 2.66. The lowest BCUT2D eigenvalue weighted by Crippen LogP contribution is -2.39. The number of nitrogens with zero attached hydrogens (tertiary/aromatic N) is 2. The molecule has 0 atom stereocenters. The molecule has 0 aliphatic heterocycles. The molecular weight excluding hydrogens is 222 g/mol. The molecule has 3 heteroatoms. The highest BCUT2D eigenvalue weighted by molar-refractivity contribution is 5.44. The van der Waals surface area contributed by atoms with Crippen molar-refractivity contribution in [3.63, 3.8) is 0 Å². The van der Waals surface area contributed by atoms with Crippen LogP contribution >= 0.6 is 0 Å². The van der Waals surface area contributed by atoms with E-state index < -0.39 is 0 Å². The van der Waals surface area contributed by atoms with E-state index in [2.05, 4.69) is 30.9 Å². The summed E-state index contributed by atoms with van der Waals surface area (Å²) in [5.74, 6) is 1.12. The van der Waals surface area contributed by atoms with Gasteiger partial charge in [-0.3, -0.25) is 0 Å². The summed E-state index contributed by atoms with van der Waals surface area (Å²) in [6.45, 7) is 6.07. The number of anilines is 1. The minimum atomic E-state index is 0.556. The van der Waals surface area contributed by atoms with E-state index >= 15 is 0 Å². The summed E-state index contributed by atoms with van der Waals surface area (Å²) < 4.78 is 0. The first-order valence-corrected chi connectivity index (χ1v) is 7.25. The number of hydrogen-bond acceptors (Lipinski definition) is 3. The Morgan fingerprint density at radius 2 is 2.06 bits per heavy atom. The lowest BCUT2D eigenvalue weighted by Gasteiger charge is -2.31. The van der Waals surface area contributed by atoms with Crippen molar-refractivity contribution >= 4 is 5.82 Å². The molecule has 0 bridgehead atoms. The third-order valence-corrected chi connectivity index (χ3v) is 3.96. The van der Waals surface area contributed by atoms with Crippen LogP contribution in [0.1, 0.15) is 44.4 Å². The summed E-state index contributed by atoms with van der Waals surface area (Å²) in [6, 6.07) is 5.00. The van der Waals surface area contributed by atoms with Crippen LogP contribution in [0.3, 0.4) is 0 Å². The number of fused-ring (bicyclic) bond motifs is 1. The second kappa shape index (κ2) is 6.19. The van der Waals surface area contributed by atoms with Gasteiger partial charge in [-0.1, -0.05) is 19.9 Å². The van der Waals surface area contributed by atoms with Crippen molar-refractivity contribution < 1.29 is 0 Å². The molecule has 1 heterocycles. The predicted octanol–water partition coefficient (Wildman–Crippen LogP) is 2.52. The number of aryl methyl sites for hydroxylation is 2. The molecule has 0 unspecified atom stereocenters. The van der Waals surface area contributed by atoms with Crippen molar-refractivity contribution in [1.82, 2.24) is 4.98 Å². The highest BCUT2D eigenvalue weighted by Crippen LogP contribution is 2.25. The zero-order valence-corrected chi connectivity index (χ0v) is 11.7. The molecule has 1 aliphatic rings. The molecule has 3 nitrogen and oxygen atoms in total. The molecule has 2 rings (SSSR count). The number of nitrogens with two attached hydrogens (primary N) is 1. The molecule has 1 aromatic rings. The molecule has 0 radical (unpaired) electrons. The Hall–Kier alpha value is -1.09. The fourth-order valence-corrected chi connectivity index (χ4v) is 2.92. The zero-order valence-electron chi connectivity index (χ0n) is 11.7. The summed E-state index contributed by atoms with van der Waals surface area (Å²) in [7, 11) is 0. The van der Waals surface area contributed by atoms with Crippen molar-refractivity contribution in [3.8, 4) is 0 Å². The average Bonchev–Trinajstić information content (AvgIpc) is 2.86. The summed E-state index contributed by atoms with van der Waals surface area (Å²) >= 11 is 0. The third-order valence-electron chi connectivity index (χ3n) is 3.96. The van der Waals surface area contributed by atoms with Crippen LogP contribution in [0.15, 0.2) is 12.1 Å². The fraction of sp³-hybridized carbons (Fsp3) is 0.667. The largest absolute Gasteiger partial charge is 0.352 e. The van der Waals surface area contributed by atoms with Gasteiger partial charge in [0.05, 0.1) is 0 Å². The highest BCUT2D eigenvalue weighted by atomic mass is 15.2. The molecule has 0 saturated heterocycles. The number of pyridine rings is 1. The summed E-state index contributed by atoms with van der Waals surface area (Å²) in [5, 5.41) is 0.